The maximum absolute atomic E-state index is 12.8. The number of Topliss-reactive ketones (excluding diaryl/α,β-unsaturated/α-hetero) is 1. The SMILES string of the molecule is CCCCCCn1nc(C(=O)OCC(=O)Nc2cccc(C(C)=O)c2)c2ccccc2c1=O. The first-order chi connectivity index (χ1) is 15.9. The molecule has 3 aromatic rings. The van der Waals surface area contributed by atoms with Crippen molar-refractivity contribution in [3.05, 3.63) is 70.1 Å². The number of fused-ring (bicyclic) bond motifs is 1. The molecular weight excluding hydrogens is 422 g/mol. The normalized spacial score (nSPS) is 10.7. The van der Waals surface area contributed by atoms with Crippen LogP contribution in [0.4, 0.5) is 5.69 Å². The van der Waals surface area contributed by atoms with Crippen LogP contribution in [0.3, 0.4) is 0 Å². The van der Waals surface area contributed by atoms with Crippen LogP contribution in [0.1, 0.15) is 60.4 Å². The zero-order chi connectivity index (χ0) is 23.8. The molecule has 0 fully saturated rings. The van der Waals surface area contributed by atoms with Crippen molar-refractivity contribution in [1.29, 1.82) is 0 Å². The predicted molar refractivity (Wildman–Crippen MR) is 126 cm³/mol. The van der Waals surface area contributed by atoms with Crippen molar-refractivity contribution in [2.45, 2.75) is 46.1 Å². The van der Waals surface area contributed by atoms with Gasteiger partial charge in [0.15, 0.2) is 18.1 Å². The summed E-state index contributed by atoms with van der Waals surface area (Å²) >= 11 is 0. The fraction of sp³-hybridized carbons (Fsp3) is 0.320. The minimum absolute atomic E-state index is 0.00734. The lowest BCUT2D eigenvalue weighted by atomic mass is 10.1. The maximum atomic E-state index is 12.8. The zero-order valence-corrected chi connectivity index (χ0v) is 18.8. The molecule has 8 heteroatoms. The minimum atomic E-state index is -0.791. The number of ether oxygens (including phenoxy) is 1. The number of unbranched alkanes of at least 4 members (excludes halogenated alkanes) is 3. The summed E-state index contributed by atoms with van der Waals surface area (Å²) in [6, 6.07) is 13.2. The summed E-state index contributed by atoms with van der Waals surface area (Å²) < 4.78 is 6.48. The number of amides is 1. The van der Waals surface area contributed by atoms with Gasteiger partial charge in [0.25, 0.3) is 11.5 Å². The molecule has 0 saturated heterocycles. The largest absolute Gasteiger partial charge is 0.451 e. The van der Waals surface area contributed by atoms with Crippen molar-refractivity contribution in [2.24, 2.45) is 0 Å². The molecule has 3 rings (SSSR count). The molecule has 0 bridgehead atoms. The summed E-state index contributed by atoms with van der Waals surface area (Å²) in [6.45, 7) is 3.40. The second-order valence-corrected chi connectivity index (χ2v) is 7.74. The topological polar surface area (TPSA) is 107 Å². The summed E-state index contributed by atoms with van der Waals surface area (Å²) in [7, 11) is 0. The Hall–Kier alpha value is -3.81. The smallest absolute Gasteiger partial charge is 0.359 e. The fourth-order valence-corrected chi connectivity index (χ4v) is 3.44. The van der Waals surface area contributed by atoms with E-state index in [0.29, 0.717) is 28.6 Å². The summed E-state index contributed by atoms with van der Waals surface area (Å²) in [5, 5.41) is 7.61. The second kappa shape index (κ2) is 11.2. The monoisotopic (exact) mass is 449 g/mol. The van der Waals surface area contributed by atoms with Crippen LogP contribution in [0.25, 0.3) is 10.8 Å². The average molecular weight is 450 g/mol. The standard InChI is InChI=1S/C25H27N3O5/c1-3-4-5-8-14-28-24(31)21-13-7-6-12-20(21)23(27-28)25(32)33-16-22(30)26-19-11-9-10-18(15-19)17(2)29/h6-7,9-13,15H,3-5,8,14,16H2,1-2H3,(H,26,30). The van der Waals surface area contributed by atoms with E-state index in [2.05, 4.69) is 17.3 Å². The Morgan fingerprint density at radius 3 is 2.48 bits per heavy atom. The second-order valence-electron chi connectivity index (χ2n) is 7.74. The Bertz CT molecular complexity index is 1230. The molecule has 0 unspecified atom stereocenters. The van der Waals surface area contributed by atoms with E-state index >= 15 is 0 Å². The van der Waals surface area contributed by atoms with E-state index in [-0.39, 0.29) is 17.0 Å². The number of nitrogens with zero attached hydrogens (tertiary/aromatic N) is 2. The predicted octanol–water partition coefficient (Wildman–Crippen LogP) is 3.97. The van der Waals surface area contributed by atoms with Crippen LogP contribution >= 0.6 is 0 Å². The van der Waals surface area contributed by atoms with Crippen molar-refractivity contribution < 1.29 is 19.1 Å². The van der Waals surface area contributed by atoms with Gasteiger partial charge in [-0.15, -0.1) is 0 Å². The number of esters is 1. The molecule has 0 radical (unpaired) electrons. The van der Waals surface area contributed by atoms with Crippen LogP contribution in [0.15, 0.2) is 53.3 Å². The lowest BCUT2D eigenvalue weighted by molar-refractivity contribution is -0.119. The number of hydrogen-bond acceptors (Lipinski definition) is 6. The Kier molecular flexibility index (Phi) is 8.07. The molecule has 0 spiro atoms. The number of rotatable bonds is 10. The molecule has 0 aliphatic carbocycles. The van der Waals surface area contributed by atoms with Crippen LogP contribution < -0.4 is 10.9 Å². The molecule has 2 aromatic carbocycles. The molecule has 172 valence electrons. The highest BCUT2D eigenvalue weighted by Gasteiger charge is 2.19. The molecule has 1 N–H and O–H groups in total. The molecular formula is C25H27N3O5. The van der Waals surface area contributed by atoms with Gasteiger partial charge in [-0.1, -0.05) is 56.5 Å². The number of anilines is 1. The Labute approximate surface area is 191 Å². The van der Waals surface area contributed by atoms with Crippen molar-refractivity contribution in [3.8, 4) is 0 Å². The van der Waals surface area contributed by atoms with Gasteiger partial charge in [0.1, 0.15) is 0 Å². The van der Waals surface area contributed by atoms with Crippen molar-refractivity contribution in [1.82, 2.24) is 9.78 Å². The quantitative estimate of drug-likeness (QED) is 0.285. The molecule has 1 amide bonds. The van der Waals surface area contributed by atoms with Gasteiger partial charge in [-0.2, -0.15) is 5.10 Å². The van der Waals surface area contributed by atoms with E-state index in [0.717, 1.165) is 25.7 Å². The number of ketones is 1. The van der Waals surface area contributed by atoms with Gasteiger partial charge in [0.05, 0.1) is 5.39 Å². The summed E-state index contributed by atoms with van der Waals surface area (Å²) in [5.41, 5.74) is 0.614. The maximum Gasteiger partial charge on any atom is 0.359 e. The first kappa shape index (κ1) is 23.8. The third kappa shape index (κ3) is 6.12. The molecule has 0 aliphatic heterocycles. The molecule has 0 aliphatic rings. The lowest BCUT2D eigenvalue weighted by Gasteiger charge is -2.11. The first-order valence-electron chi connectivity index (χ1n) is 11.0. The van der Waals surface area contributed by atoms with E-state index in [9.17, 15) is 19.2 Å². The van der Waals surface area contributed by atoms with Crippen molar-refractivity contribution in [2.75, 3.05) is 11.9 Å². The van der Waals surface area contributed by atoms with Crippen LogP contribution in [-0.2, 0) is 16.1 Å². The van der Waals surface area contributed by atoms with Gasteiger partial charge >= 0.3 is 5.97 Å². The Balaban J connectivity index is 1.74. The van der Waals surface area contributed by atoms with Gasteiger partial charge in [-0.05, 0) is 31.5 Å². The molecule has 33 heavy (non-hydrogen) atoms. The van der Waals surface area contributed by atoms with Gasteiger partial charge in [-0.25, -0.2) is 9.48 Å². The number of aryl methyl sites for hydroxylation is 1. The Morgan fingerprint density at radius 1 is 1.00 bits per heavy atom. The van der Waals surface area contributed by atoms with E-state index < -0.39 is 18.5 Å². The van der Waals surface area contributed by atoms with E-state index in [1.54, 1.807) is 48.5 Å². The van der Waals surface area contributed by atoms with E-state index in [1.165, 1.54) is 11.6 Å². The highest BCUT2D eigenvalue weighted by atomic mass is 16.5. The van der Waals surface area contributed by atoms with E-state index in [4.69, 9.17) is 4.74 Å². The molecule has 0 atom stereocenters. The average Bonchev–Trinajstić information content (AvgIpc) is 2.82. The number of aromatic nitrogens is 2. The highest BCUT2D eigenvalue weighted by molar-refractivity contribution is 6.03. The minimum Gasteiger partial charge on any atom is -0.451 e. The summed E-state index contributed by atoms with van der Waals surface area (Å²) in [5.74, 6) is -1.47. The molecule has 0 saturated carbocycles. The third-order valence-corrected chi connectivity index (χ3v) is 5.17. The van der Waals surface area contributed by atoms with Gasteiger partial charge in [0, 0.05) is 23.2 Å². The summed E-state index contributed by atoms with van der Waals surface area (Å²) in [4.78, 5) is 49.3. The van der Waals surface area contributed by atoms with Crippen molar-refractivity contribution >= 4 is 34.1 Å². The van der Waals surface area contributed by atoms with Gasteiger partial charge in [0.2, 0.25) is 0 Å². The first-order valence-corrected chi connectivity index (χ1v) is 11.0. The molecule has 1 heterocycles. The fourth-order valence-electron chi connectivity index (χ4n) is 3.44. The number of benzene rings is 2. The third-order valence-electron chi connectivity index (χ3n) is 5.17. The lowest BCUT2D eigenvalue weighted by Crippen LogP contribution is -2.28. The number of carbonyl (C=O) groups is 3. The number of hydrogen-bond donors (Lipinski definition) is 1. The van der Waals surface area contributed by atoms with E-state index in [1.807, 2.05) is 0 Å². The van der Waals surface area contributed by atoms with Crippen LogP contribution in [0.2, 0.25) is 0 Å². The molecule has 1 aromatic heterocycles. The zero-order valence-electron chi connectivity index (χ0n) is 18.8. The van der Waals surface area contributed by atoms with Crippen LogP contribution in [0.5, 0.6) is 0 Å². The summed E-state index contributed by atoms with van der Waals surface area (Å²) in [6.07, 6.45) is 3.86. The van der Waals surface area contributed by atoms with Crippen molar-refractivity contribution in [3.63, 3.8) is 0 Å². The molecule has 8 nitrogen and oxygen atoms in total. The van der Waals surface area contributed by atoms with Crippen LogP contribution in [0, 0.1) is 0 Å². The Morgan fingerprint density at radius 2 is 1.76 bits per heavy atom. The van der Waals surface area contributed by atoms with Gasteiger partial charge in [-0.3, -0.25) is 14.4 Å². The highest BCUT2D eigenvalue weighted by Crippen LogP contribution is 2.15. The van der Waals surface area contributed by atoms with Crippen LogP contribution in [-0.4, -0.2) is 34.0 Å². The number of carbonyl (C=O) groups excluding carboxylic acids is 3. The number of nitrogens with one attached hydrogen (secondary N) is 1. The van der Waals surface area contributed by atoms with Gasteiger partial charge < -0.3 is 10.1 Å².